The number of halogens is 1. The number of rotatable bonds is 5. The highest BCUT2D eigenvalue weighted by molar-refractivity contribution is 7.80. The van der Waals surface area contributed by atoms with E-state index in [1.807, 2.05) is 43.0 Å². The topological polar surface area (TPSA) is 61.3 Å². The summed E-state index contributed by atoms with van der Waals surface area (Å²) in [5, 5.41) is 4.48. The van der Waals surface area contributed by atoms with Gasteiger partial charge in [-0.3, -0.25) is 4.79 Å². The molecule has 0 saturated heterocycles. The molecule has 2 N–H and O–H groups in total. The summed E-state index contributed by atoms with van der Waals surface area (Å²) in [4.78, 5) is 17.7. The van der Waals surface area contributed by atoms with Crippen LogP contribution in [0.25, 0.3) is 10.9 Å². The molecule has 4 rings (SSSR count). The minimum atomic E-state index is -0.322. The first-order chi connectivity index (χ1) is 14.9. The number of thiocarbonyl (C=S) groups is 1. The van der Waals surface area contributed by atoms with Gasteiger partial charge in [0.2, 0.25) is 0 Å². The maximum Gasteiger partial charge on any atom is 0.253 e. The fraction of sp³-hybridized carbons (Fsp3) is 0.167. The van der Waals surface area contributed by atoms with Crippen molar-refractivity contribution in [2.24, 2.45) is 0 Å². The lowest BCUT2D eigenvalue weighted by Crippen LogP contribution is -2.35. The minimum absolute atomic E-state index is 0.157. The Hall–Kier alpha value is -3.45. The number of nitrogens with zero attached hydrogens (tertiary/aromatic N) is 1. The first-order valence-corrected chi connectivity index (χ1v) is 10.3. The summed E-state index contributed by atoms with van der Waals surface area (Å²) in [5.41, 5.74) is 4.12. The largest absolute Gasteiger partial charge is 0.467 e. The van der Waals surface area contributed by atoms with Gasteiger partial charge in [-0.25, -0.2) is 4.39 Å². The van der Waals surface area contributed by atoms with E-state index >= 15 is 0 Å². The zero-order valence-corrected chi connectivity index (χ0v) is 18.1. The number of anilines is 1. The molecule has 0 aliphatic carbocycles. The van der Waals surface area contributed by atoms with Crippen LogP contribution in [0.1, 0.15) is 22.5 Å². The highest BCUT2D eigenvalue weighted by Crippen LogP contribution is 2.20. The number of hydrogen-bond donors (Lipinski definition) is 2. The molecule has 4 aromatic rings. The standard InChI is InChI=1S/C24H22FN3O2S/c1-15-5-6-17-12-18(23(29)27-22(17)16(15)2)13-28(14-21-4-3-11-30-21)24(31)26-20-9-7-19(25)8-10-20/h3-12H,13-14H2,1-2H3,(H,26,31)(H,27,29). The van der Waals surface area contributed by atoms with Crippen LogP contribution in [-0.4, -0.2) is 15.0 Å². The highest BCUT2D eigenvalue weighted by Gasteiger charge is 2.16. The van der Waals surface area contributed by atoms with Gasteiger partial charge in [0.25, 0.3) is 5.56 Å². The van der Waals surface area contributed by atoms with Crippen molar-refractivity contribution in [3.8, 4) is 0 Å². The summed E-state index contributed by atoms with van der Waals surface area (Å²) < 4.78 is 18.7. The first kappa shape index (κ1) is 20.8. The number of aromatic amines is 1. The van der Waals surface area contributed by atoms with Gasteiger partial charge in [0.15, 0.2) is 5.11 Å². The Morgan fingerprint density at radius 2 is 1.90 bits per heavy atom. The van der Waals surface area contributed by atoms with Crippen LogP contribution in [0, 0.1) is 19.7 Å². The molecule has 0 aliphatic heterocycles. The van der Waals surface area contributed by atoms with E-state index in [9.17, 15) is 9.18 Å². The van der Waals surface area contributed by atoms with Crippen LogP contribution in [0.3, 0.4) is 0 Å². The summed E-state index contributed by atoms with van der Waals surface area (Å²) in [6.07, 6.45) is 1.60. The van der Waals surface area contributed by atoms with Crippen molar-refractivity contribution < 1.29 is 8.81 Å². The van der Waals surface area contributed by atoms with Gasteiger partial charge in [-0.15, -0.1) is 0 Å². The van der Waals surface area contributed by atoms with Crippen molar-refractivity contribution in [2.45, 2.75) is 26.9 Å². The molecule has 5 nitrogen and oxygen atoms in total. The third kappa shape index (κ3) is 4.67. The molecule has 2 aromatic heterocycles. The molecule has 0 atom stereocenters. The number of aromatic nitrogens is 1. The molecule has 31 heavy (non-hydrogen) atoms. The maximum absolute atomic E-state index is 13.2. The molecule has 0 amide bonds. The smallest absolute Gasteiger partial charge is 0.253 e. The van der Waals surface area contributed by atoms with E-state index in [0.29, 0.717) is 28.7 Å². The van der Waals surface area contributed by atoms with Gasteiger partial charge in [-0.1, -0.05) is 12.1 Å². The molecule has 0 saturated carbocycles. The maximum atomic E-state index is 13.2. The third-order valence-corrected chi connectivity index (χ3v) is 5.66. The van der Waals surface area contributed by atoms with Crippen LogP contribution in [0.2, 0.25) is 0 Å². The van der Waals surface area contributed by atoms with E-state index in [-0.39, 0.29) is 17.9 Å². The van der Waals surface area contributed by atoms with Crippen LogP contribution in [0.15, 0.2) is 70.1 Å². The fourth-order valence-electron chi connectivity index (χ4n) is 3.42. The van der Waals surface area contributed by atoms with Crippen molar-refractivity contribution >= 4 is 33.9 Å². The molecule has 0 bridgehead atoms. The lowest BCUT2D eigenvalue weighted by Gasteiger charge is -2.25. The van der Waals surface area contributed by atoms with Crippen molar-refractivity contribution in [3.63, 3.8) is 0 Å². The van der Waals surface area contributed by atoms with Crippen molar-refractivity contribution in [1.29, 1.82) is 0 Å². The quantitative estimate of drug-likeness (QED) is 0.418. The Kier molecular flexibility index (Phi) is 5.86. The number of hydrogen-bond acceptors (Lipinski definition) is 3. The number of fused-ring (bicyclic) bond motifs is 1. The molecule has 158 valence electrons. The summed E-state index contributed by atoms with van der Waals surface area (Å²) >= 11 is 5.61. The minimum Gasteiger partial charge on any atom is -0.467 e. The Morgan fingerprint density at radius 3 is 2.61 bits per heavy atom. The van der Waals surface area contributed by atoms with E-state index < -0.39 is 0 Å². The molecule has 0 aliphatic rings. The van der Waals surface area contributed by atoms with Crippen LogP contribution < -0.4 is 10.9 Å². The Labute approximate surface area is 184 Å². The average molecular weight is 436 g/mol. The van der Waals surface area contributed by atoms with Crippen LogP contribution in [0.4, 0.5) is 10.1 Å². The lowest BCUT2D eigenvalue weighted by atomic mass is 10.0. The van der Waals surface area contributed by atoms with E-state index in [2.05, 4.69) is 10.3 Å². The summed E-state index contributed by atoms with van der Waals surface area (Å²) in [5.74, 6) is 0.393. The van der Waals surface area contributed by atoms with Gasteiger partial charge in [-0.2, -0.15) is 0 Å². The van der Waals surface area contributed by atoms with Crippen LogP contribution in [0.5, 0.6) is 0 Å². The summed E-state index contributed by atoms with van der Waals surface area (Å²) in [7, 11) is 0. The molecule has 2 heterocycles. The molecule has 0 radical (unpaired) electrons. The summed E-state index contributed by atoms with van der Waals surface area (Å²) in [6.45, 7) is 4.68. The fourth-order valence-corrected chi connectivity index (χ4v) is 3.67. The van der Waals surface area contributed by atoms with Gasteiger partial charge in [-0.05, 0) is 85.0 Å². The van der Waals surface area contributed by atoms with Gasteiger partial charge in [0, 0.05) is 11.3 Å². The van der Waals surface area contributed by atoms with E-state index in [0.717, 1.165) is 22.0 Å². The predicted octanol–water partition coefficient (Wildman–Crippen LogP) is 5.28. The van der Waals surface area contributed by atoms with Crippen LogP contribution >= 0.6 is 12.2 Å². The van der Waals surface area contributed by atoms with Crippen molar-refractivity contribution in [1.82, 2.24) is 9.88 Å². The molecular formula is C24H22FN3O2S. The summed E-state index contributed by atoms with van der Waals surface area (Å²) in [6, 6.07) is 15.5. The monoisotopic (exact) mass is 435 g/mol. The molecule has 0 fully saturated rings. The number of nitrogens with one attached hydrogen (secondary N) is 2. The molecule has 2 aromatic carbocycles. The number of aryl methyl sites for hydroxylation is 2. The van der Waals surface area contributed by atoms with Crippen molar-refractivity contribution in [3.05, 3.63) is 99.5 Å². The van der Waals surface area contributed by atoms with Crippen molar-refractivity contribution in [2.75, 3.05) is 5.32 Å². The van der Waals surface area contributed by atoms with Gasteiger partial charge in [0.05, 0.1) is 24.9 Å². The molecule has 0 unspecified atom stereocenters. The van der Waals surface area contributed by atoms with E-state index in [4.69, 9.17) is 16.6 Å². The normalized spacial score (nSPS) is 10.9. The number of pyridine rings is 1. The molecular weight excluding hydrogens is 413 g/mol. The second-order valence-corrected chi connectivity index (χ2v) is 7.85. The molecule has 0 spiro atoms. The number of H-pyrrole nitrogens is 1. The Bertz CT molecular complexity index is 1280. The highest BCUT2D eigenvalue weighted by atomic mass is 32.1. The lowest BCUT2D eigenvalue weighted by molar-refractivity contribution is 0.359. The average Bonchev–Trinajstić information content (AvgIpc) is 3.26. The van der Waals surface area contributed by atoms with Crippen LogP contribution in [-0.2, 0) is 13.1 Å². The zero-order chi connectivity index (χ0) is 22.0. The van der Waals surface area contributed by atoms with E-state index in [1.165, 1.54) is 12.1 Å². The second-order valence-electron chi connectivity index (χ2n) is 7.47. The first-order valence-electron chi connectivity index (χ1n) is 9.86. The van der Waals surface area contributed by atoms with Gasteiger partial charge < -0.3 is 19.6 Å². The third-order valence-electron chi connectivity index (χ3n) is 5.30. The Balaban J connectivity index is 1.64. The predicted molar refractivity (Wildman–Crippen MR) is 125 cm³/mol. The SMILES string of the molecule is Cc1ccc2cc(CN(Cc3ccco3)C(=S)Nc3ccc(F)cc3)c(=O)[nH]c2c1C. The molecule has 7 heteroatoms. The Morgan fingerprint density at radius 1 is 1.13 bits per heavy atom. The van der Waals surface area contributed by atoms with Gasteiger partial charge in [0.1, 0.15) is 11.6 Å². The van der Waals surface area contributed by atoms with Gasteiger partial charge >= 0.3 is 0 Å². The number of furan rings is 1. The number of benzene rings is 2. The van der Waals surface area contributed by atoms with E-state index in [1.54, 1.807) is 24.5 Å². The zero-order valence-electron chi connectivity index (χ0n) is 17.2. The second kappa shape index (κ2) is 8.73.